The van der Waals surface area contributed by atoms with Gasteiger partial charge in [-0.1, -0.05) is 65.8 Å². The van der Waals surface area contributed by atoms with E-state index in [-0.39, 0.29) is 65.3 Å². The lowest BCUT2D eigenvalue weighted by molar-refractivity contribution is -0.348. The molecule has 0 aromatic rings. The summed E-state index contributed by atoms with van der Waals surface area (Å²) in [5.41, 5.74) is -13.7. The number of hydrogen-bond acceptors (Lipinski definition) is 6. The number of carbonyl (C=O) groups excluding carboxylic acids is 1. The maximum atomic E-state index is 13.1. The molecular formula is C49H79F12O6P. The molecule has 0 spiro atoms. The van der Waals surface area contributed by atoms with Crippen molar-refractivity contribution in [2.45, 2.75) is 224 Å². The van der Waals surface area contributed by atoms with Gasteiger partial charge in [0.15, 0.2) is 0 Å². The molecule has 0 heterocycles. The number of aliphatic hydroxyl groups excluding tert-OH is 1. The van der Waals surface area contributed by atoms with Gasteiger partial charge in [0, 0.05) is 12.3 Å². The van der Waals surface area contributed by atoms with E-state index in [2.05, 4.69) is 6.92 Å². The van der Waals surface area contributed by atoms with E-state index < -0.39 is 64.0 Å². The molecule has 4 fully saturated rings. The highest BCUT2D eigenvalue weighted by atomic mass is 31.0. The van der Waals surface area contributed by atoms with Crippen LogP contribution >= 0.6 is 9.18 Å². The van der Waals surface area contributed by atoms with E-state index in [1.165, 1.54) is 0 Å². The highest BCUT2D eigenvalue weighted by molar-refractivity contribution is 7.15. The molecule has 0 aliphatic heterocycles. The molecule has 0 aromatic heterocycles. The van der Waals surface area contributed by atoms with E-state index in [0.717, 1.165) is 50.7 Å². The predicted molar refractivity (Wildman–Crippen MR) is 241 cm³/mol. The third-order valence-corrected chi connectivity index (χ3v) is 16.3. The molecule has 5 N–H and O–H groups in total. The van der Waals surface area contributed by atoms with Crippen molar-refractivity contribution in [1.82, 2.24) is 0 Å². The molecule has 0 saturated heterocycles. The van der Waals surface area contributed by atoms with Gasteiger partial charge >= 0.3 is 24.7 Å². The molecule has 4 saturated carbocycles. The lowest BCUT2D eigenvalue weighted by atomic mass is 9.56. The van der Waals surface area contributed by atoms with Gasteiger partial charge in [-0.2, -0.15) is 52.7 Å². The number of rotatable bonds is 16. The Bertz CT molecular complexity index is 1680. The molecule has 400 valence electrons. The van der Waals surface area contributed by atoms with Crippen molar-refractivity contribution >= 4 is 15.0 Å². The fourth-order valence-corrected chi connectivity index (χ4v) is 12.8. The Morgan fingerprint density at radius 3 is 1.35 bits per heavy atom. The highest BCUT2D eigenvalue weighted by Gasteiger charge is 2.70. The van der Waals surface area contributed by atoms with Crippen LogP contribution in [-0.2, 0) is 4.79 Å². The highest BCUT2D eigenvalue weighted by Crippen LogP contribution is 2.64. The second-order valence-electron chi connectivity index (χ2n) is 22.6. The van der Waals surface area contributed by atoms with E-state index in [9.17, 15) is 83.0 Å². The fourth-order valence-electron chi connectivity index (χ4n) is 12.8. The van der Waals surface area contributed by atoms with Gasteiger partial charge in [0.2, 0.25) is 0 Å². The molecule has 10 atom stereocenters. The Labute approximate surface area is 399 Å². The Balaban J connectivity index is 0.000000448. The van der Waals surface area contributed by atoms with E-state index in [1.807, 2.05) is 27.4 Å². The average molecular weight is 1020 g/mol. The van der Waals surface area contributed by atoms with E-state index in [4.69, 9.17) is 1.28 Å². The molecule has 4 aliphatic rings. The number of alkyl halides is 12. The predicted octanol–water partition coefficient (Wildman–Crippen LogP) is 13.3. The summed E-state index contributed by atoms with van der Waals surface area (Å²) < 4.78 is 163. The summed E-state index contributed by atoms with van der Waals surface area (Å²) in [6.07, 6.45) is -12.8. The van der Waals surface area contributed by atoms with Crippen molar-refractivity contribution in [3.63, 3.8) is 0 Å². The van der Waals surface area contributed by atoms with Gasteiger partial charge in [-0.15, -0.1) is 9.18 Å². The summed E-state index contributed by atoms with van der Waals surface area (Å²) >= 11 is 0. The van der Waals surface area contributed by atoms with Crippen molar-refractivity contribution in [3.8, 4) is 0 Å². The van der Waals surface area contributed by atoms with Gasteiger partial charge in [0.05, 0.1) is 18.6 Å². The van der Waals surface area contributed by atoms with Crippen molar-refractivity contribution in [1.29, 1.82) is 1.28 Å². The number of allylic oxidation sites excluding steroid dienone is 2. The molecule has 6 nitrogen and oxygen atoms in total. The lowest BCUT2D eigenvalue weighted by Crippen LogP contribution is -2.55. The van der Waals surface area contributed by atoms with Crippen molar-refractivity contribution < 1.29 is 83.0 Å². The summed E-state index contributed by atoms with van der Waals surface area (Å²) in [5.74, 6) is 0.00762. The molecule has 4 aliphatic carbocycles. The molecule has 3 unspecified atom stereocenters. The lowest BCUT2D eigenvalue weighted by Gasteiger charge is -2.50. The largest absolute Gasteiger partial charge is 0.429 e. The van der Waals surface area contributed by atoms with E-state index in [1.54, 1.807) is 27.7 Å². The SMILES string of the molecule is CC(C)(O)CCC[C@](C)(C/C=C/C(O)(C(F)(F)F)C(F)(F)F)[C@H]1CCC2C(=O)CCC[C@@]21C.CC(C)(O)CCC[C@](C)(C/C=C/C(O)(C(F)(F)F)C(F)(F)F)[C@H]1CCC2[C@@H](O)CCC[C@@]21C.[2H]PC. The van der Waals surface area contributed by atoms with Crippen molar-refractivity contribution in [2.24, 2.45) is 45.3 Å². The number of carbonyl (C=O) groups is 1. The van der Waals surface area contributed by atoms with Crippen molar-refractivity contribution in [2.75, 3.05) is 6.66 Å². The normalized spacial score (nSPS) is 30.1. The molecular weight excluding hydrogens is 943 g/mol. The number of ketones is 1. The minimum absolute atomic E-state index is 0.0127. The maximum Gasteiger partial charge on any atom is 0.429 e. The third-order valence-electron chi connectivity index (χ3n) is 16.3. The quantitative estimate of drug-likeness (QED) is 0.0597. The van der Waals surface area contributed by atoms with Crippen LogP contribution < -0.4 is 0 Å². The molecule has 0 amide bonds. The molecule has 0 radical (unpaired) electrons. The van der Waals surface area contributed by atoms with Gasteiger partial charge in [0.25, 0.3) is 11.2 Å². The first-order chi connectivity index (χ1) is 31.0. The summed E-state index contributed by atoms with van der Waals surface area (Å²) in [7, 11) is 0.333. The van der Waals surface area contributed by atoms with Crippen LogP contribution in [0, 0.1) is 45.3 Å². The van der Waals surface area contributed by atoms with Crippen LogP contribution in [0.5, 0.6) is 0 Å². The zero-order chi connectivity index (χ0) is 53.7. The number of Topliss-reactive ketones (excluding diaryl/α,β-unsaturated/α-hetero) is 1. The second kappa shape index (κ2) is 22.3. The molecule has 4 rings (SSSR count). The minimum Gasteiger partial charge on any atom is -0.393 e. The smallest absolute Gasteiger partial charge is 0.393 e. The Morgan fingerprint density at radius 1 is 0.603 bits per heavy atom. The number of aliphatic hydroxyl groups is 5. The van der Waals surface area contributed by atoms with Crippen molar-refractivity contribution in [3.05, 3.63) is 24.3 Å². The van der Waals surface area contributed by atoms with E-state index in [0.29, 0.717) is 73.4 Å². The van der Waals surface area contributed by atoms with Crippen LogP contribution in [0.1, 0.15) is 171 Å². The fraction of sp³-hybridized carbons (Fsp3) is 0.898. The van der Waals surface area contributed by atoms with Gasteiger partial charge in [-0.25, -0.2) is 0 Å². The van der Waals surface area contributed by atoms with Crippen LogP contribution in [-0.4, -0.2) is 92.5 Å². The minimum atomic E-state index is -5.90. The Kier molecular flexibility index (Phi) is 20.0. The molecule has 19 heteroatoms. The van der Waals surface area contributed by atoms with Crippen LogP contribution in [0.15, 0.2) is 24.3 Å². The van der Waals surface area contributed by atoms with Gasteiger partial charge in [-0.3, -0.25) is 4.79 Å². The van der Waals surface area contributed by atoms with Crippen LogP contribution in [0.25, 0.3) is 0 Å². The summed E-state index contributed by atoms with van der Waals surface area (Å²) in [5, 5.41) is 49.7. The zero-order valence-electron chi connectivity index (χ0n) is 42.1. The topological polar surface area (TPSA) is 118 Å². The van der Waals surface area contributed by atoms with Crippen LogP contribution in [0.3, 0.4) is 0 Å². The second-order valence-corrected chi connectivity index (χ2v) is 22.6. The Morgan fingerprint density at radius 2 is 0.971 bits per heavy atom. The summed E-state index contributed by atoms with van der Waals surface area (Å²) in [4.78, 5) is 12.5. The first kappa shape index (κ1) is 60.8. The molecule has 68 heavy (non-hydrogen) atoms. The third kappa shape index (κ3) is 14.4. The number of hydrogen-bond donors (Lipinski definition) is 5. The standard InChI is InChI=1S/C24H38F6O3.C24H36F6O3.CH5P/c2*1-19(2,32)11-6-12-20(3,13-7-15-22(33,23(25,26)27)24(28,29)30)18-10-9-16-17(31)8-5-14-21(16,18)4;1-2/h7,15-18,31-33H,5-6,8-14H2,1-4H3;7,15-16,18,32-33H,5-6,8-14H2,1-4H3;2H2,1H3/b2*15-7+;/t16?,17-,18+,20+,21-;16?,18-,20-,21+;/m01./s1/i;;2D. The number of fused-ring (bicyclic) bond motifs is 2. The molecule has 0 aromatic carbocycles. The zero-order valence-corrected chi connectivity index (χ0v) is 42.1. The van der Waals surface area contributed by atoms with Crippen LogP contribution in [0.2, 0.25) is 0 Å². The first-order valence-corrected chi connectivity index (χ1v) is 24.8. The van der Waals surface area contributed by atoms with Gasteiger partial charge in [0.1, 0.15) is 5.78 Å². The van der Waals surface area contributed by atoms with Crippen LogP contribution in [0.4, 0.5) is 52.7 Å². The monoisotopic (exact) mass is 1020 g/mol. The molecule has 0 bridgehead atoms. The maximum absolute atomic E-state index is 13.1. The Hall–Kier alpha value is -1.46. The van der Waals surface area contributed by atoms with Gasteiger partial charge in [-0.05, 0) is 169 Å². The van der Waals surface area contributed by atoms with E-state index >= 15 is 0 Å². The number of halogens is 12. The summed E-state index contributed by atoms with van der Waals surface area (Å²) in [6, 6.07) is 0. The first-order valence-electron chi connectivity index (χ1n) is 24.3. The average Bonchev–Trinajstić information content (AvgIpc) is 3.71. The summed E-state index contributed by atoms with van der Waals surface area (Å²) in [6.45, 7) is 16.2. The van der Waals surface area contributed by atoms with Gasteiger partial charge < -0.3 is 25.5 Å².